The molecule has 1 heterocycles. The molecule has 5 heteroatoms. The third-order valence-corrected chi connectivity index (χ3v) is 4.41. The van der Waals surface area contributed by atoms with Crippen molar-refractivity contribution >= 4 is 28.9 Å². The molecule has 23 heavy (non-hydrogen) atoms. The highest BCUT2D eigenvalue weighted by molar-refractivity contribution is 6.31. The highest BCUT2D eigenvalue weighted by Crippen LogP contribution is 2.33. The Morgan fingerprint density at radius 1 is 1.30 bits per heavy atom. The second-order valence-electron chi connectivity index (χ2n) is 5.78. The van der Waals surface area contributed by atoms with Crippen molar-refractivity contribution in [3.8, 4) is 0 Å². The molecular weight excluding hydrogens is 312 g/mol. The van der Waals surface area contributed by atoms with E-state index in [1.165, 1.54) is 0 Å². The van der Waals surface area contributed by atoms with Crippen molar-refractivity contribution in [3.05, 3.63) is 64.2 Å². The number of carbonyl (C=O) groups is 1. The SMILES string of the molecule is Cc1ccccc1C(=O)N1CC(C)/C(=N\O)c2ccc(Cl)cc21. The van der Waals surface area contributed by atoms with E-state index in [1.54, 1.807) is 23.1 Å². The maximum atomic E-state index is 13.0. The minimum atomic E-state index is -0.0737. The largest absolute Gasteiger partial charge is 0.411 e. The van der Waals surface area contributed by atoms with Crippen LogP contribution in [-0.4, -0.2) is 23.4 Å². The molecule has 1 N–H and O–H groups in total. The fraction of sp³-hybridized carbons (Fsp3) is 0.222. The fourth-order valence-corrected chi connectivity index (χ4v) is 3.14. The van der Waals surface area contributed by atoms with Gasteiger partial charge in [0.25, 0.3) is 5.91 Å². The molecule has 0 saturated carbocycles. The Morgan fingerprint density at radius 2 is 2.04 bits per heavy atom. The molecule has 0 fully saturated rings. The summed E-state index contributed by atoms with van der Waals surface area (Å²) in [6.45, 7) is 4.30. The van der Waals surface area contributed by atoms with Crippen LogP contribution in [0.25, 0.3) is 0 Å². The molecule has 0 aromatic heterocycles. The first-order chi connectivity index (χ1) is 11.0. The molecule has 3 rings (SSSR count). The summed E-state index contributed by atoms with van der Waals surface area (Å²) in [5.41, 5.74) is 3.57. The predicted octanol–water partition coefficient (Wildman–Crippen LogP) is 4.12. The van der Waals surface area contributed by atoms with Crippen LogP contribution in [0.1, 0.15) is 28.4 Å². The van der Waals surface area contributed by atoms with E-state index in [9.17, 15) is 10.0 Å². The summed E-state index contributed by atoms with van der Waals surface area (Å²) < 4.78 is 0. The van der Waals surface area contributed by atoms with Crippen LogP contribution in [0, 0.1) is 12.8 Å². The highest BCUT2D eigenvalue weighted by Gasteiger charge is 2.32. The van der Waals surface area contributed by atoms with Crippen molar-refractivity contribution in [2.45, 2.75) is 13.8 Å². The smallest absolute Gasteiger partial charge is 0.258 e. The number of anilines is 1. The molecule has 1 amide bonds. The Balaban J connectivity index is 2.12. The zero-order valence-electron chi connectivity index (χ0n) is 13.0. The summed E-state index contributed by atoms with van der Waals surface area (Å²) in [7, 11) is 0. The van der Waals surface area contributed by atoms with Gasteiger partial charge in [0.15, 0.2) is 0 Å². The average molecular weight is 329 g/mol. The standard InChI is InChI=1S/C18H17ClN2O2/c1-11-5-3-4-6-14(11)18(22)21-10-12(2)17(20-23)15-8-7-13(19)9-16(15)21/h3-9,12,23H,10H2,1-2H3/b20-17+. The van der Waals surface area contributed by atoms with Crippen LogP contribution in [-0.2, 0) is 0 Å². The van der Waals surface area contributed by atoms with Gasteiger partial charge in [0, 0.05) is 28.6 Å². The molecule has 1 unspecified atom stereocenters. The van der Waals surface area contributed by atoms with Gasteiger partial charge in [-0.3, -0.25) is 4.79 Å². The fourth-order valence-electron chi connectivity index (χ4n) is 2.97. The number of hydrogen-bond acceptors (Lipinski definition) is 3. The van der Waals surface area contributed by atoms with Gasteiger partial charge in [-0.15, -0.1) is 0 Å². The van der Waals surface area contributed by atoms with Crippen LogP contribution in [0.2, 0.25) is 5.02 Å². The Bertz CT molecular complexity index is 801. The minimum Gasteiger partial charge on any atom is -0.411 e. The van der Waals surface area contributed by atoms with E-state index in [1.807, 2.05) is 38.1 Å². The van der Waals surface area contributed by atoms with Gasteiger partial charge < -0.3 is 10.1 Å². The van der Waals surface area contributed by atoms with Crippen molar-refractivity contribution in [3.63, 3.8) is 0 Å². The third kappa shape index (κ3) is 2.70. The highest BCUT2D eigenvalue weighted by atomic mass is 35.5. The number of benzene rings is 2. The third-order valence-electron chi connectivity index (χ3n) is 4.18. The topological polar surface area (TPSA) is 52.9 Å². The van der Waals surface area contributed by atoms with Crippen molar-refractivity contribution in [1.29, 1.82) is 0 Å². The van der Waals surface area contributed by atoms with E-state index >= 15 is 0 Å². The lowest BCUT2D eigenvalue weighted by molar-refractivity contribution is 0.0983. The molecule has 0 saturated heterocycles. The Labute approximate surface area is 140 Å². The van der Waals surface area contributed by atoms with Gasteiger partial charge in [0.2, 0.25) is 0 Å². The first-order valence-corrected chi connectivity index (χ1v) is 7.80. The Hall–Kier alpha value is -2.33. The molecule has 0 radical (unpaired) electrons. The predicted molar refractivity (Wildman–Crippen MR) is 91.8 cm³/mol. The number of aryl methyl sites for hydroxylation is 1. The molecule has 1 atom stereocenters. The summed E-state index contributed by atoms with van der Waals surface area (Å²) in [5, 5.41) is 13.3. The van der Waals surface area contributed by atoms with Crippen LogP contribution >= 0.6 is 11.6 Å². The van der Waals surface area contributed by atoms with E-state index in [4.69, 9.17) is 11.6 Å². The maximum absolute atomic E-state index is 13.0. The zero-order chi connectivity index (χ0) is 16.6. The van der Waals surface area contributed by atoms with E-state index in [2.05, 4.69) is 5.16 Å². The molecule has 4 nitrogen and oxygen atoms in total. The second-order valence-corrected chi connectivity index (χ2v) is 6.21. The number of carbonyl (C=O) groups excluding carboxylic acids is 1. The quantitative estimate of drug-likeness (QED) is 0.632. The maximum Gasteiger partial charge on any atom is 0.258 e. The van der Waals surface area contributed by atoms with E-state index in [0.29, 0.717) is 28.5 Å². The van der Waals surface area contributed by atoms with Gasteiger partial charge in [-0.25, -0.2) is 0 Å². The summed E-state index contributed by atoms with van der Waals surface area (Å²) in [4.78, 5) is 14.7. The molecule has 0 spiro atoms. The van der Waals surface area contributed by atoms with Crippen molar-refractivity contribution < 1.29 is 10.0 Å². The molecular formula is C18H17ClN2O2. The van der Waals surface area contributed by atoms with Crippen LogP contribution in [0.5, 0.6) is 0 Å². The molecule has 118 valence electrons. The number of halogens is 1. The summed E-state index contributed by atoms with van der Waals surface area (Å²) in [6, 6.07) is 12.8. The van der Waals surface area contributed by atoms with Crippen molar-refractivity contribution in [1.82, 2.24) is 0 Å². The van der Waals surface area contributed by atoms with Crippen LogP contribution in [0.4, 0.5) is 5.69 Å². The average Bonchev–Trinajstić information content (AvgIpc) is 2.54. The summed E-state index contributed by atoms with van der Waals surface area (Å²) >= 11 is 6.11. The lowest BCUT2D eigenvalue weighted by Gasteiger charge is -2.34. The summed E-state index contributed by atoms with van der Waals surface area (Å²) in [5.74, 6) is -0.142. The van der Waals surface area contributed by atoms with Gasteiger partial charge in [0.05, 0.1) is 11.4 Å². The number of oxime groups is 1. The first-order valence-electron chi connectivity index (χ1n) is 7.42. The molecule has 1 aliphatic rings. The van der Waals surface area contributed by atoms with Crippen molar-refractivity contribution in [2.75, 3.05) is 11.4 Å². The lowest BCUT2D eigenvalue weighted by Crippen LogP contribution is -2.42. The van der Waals surface area contributed by atoms with Crippen LogP contribution < -0.4 is 4.90 Å². The second kappa shape index (κ2) is 6.05. The van der Waals surface area contributed by atoms with Crippen LogP contribution in [0.15, 0.2) is 47.6 Å². The Kier molecular flexibility index (Phi) is 4.09. The lowest BCUT2D eigenvalue weighted by atomic mass is 9.91. The number of nitrogens with zero attached hydrogens (tertiary/aromatic N) is 2. The monoisotopic (exact) mass is 328 g/mol. The summed E-state index contributed by atoms with van der Waals surface area (Å²) in [6.07, 6.45) is 0. The van der Waals surface area contributed by atoms with E-state index < -0.39 is 0 Å². The molecule has 0 aliphatic carbocycles. The normalized spacial score (nSPS) is 18.8. The van der Waals surface area contributed by atoms with E-state index in [0.717, 1.165) is 11.1 Å². The molecule has 0 bridgehead atoms. The number of rotatable bonds is 1. The minimum absolute atomic E-state index is 0.0679. The first kappa shape index (κ1) is 15.6. The molecule has 2 aromatic rings. The molecule has 2 aromatic carbocycles. The number of fused-ring (bicyclic) bond motifs is 1. The Morgan fingerprint density at radius 3 is 2.74 bits per heavy atom. The van der Waals surface area contributed by atoms with Gasteiger partial charge in [-0.2, -0.15) is 0 Å². The number of amides is 1. The zero-order valence-corrected chi connectivity index (χ0v) is 13.7. The molecule has 1 aliphatic heterocycles. The van der Waals surface area contributed by atoms with E-state index in [-0.39, 0.29) is 11.8 Å². The van der Waals surface area contributed by atoms with Gasteiger partial charge >= 0.3 is 0 Å². The van der Waals surface area contributed by atoms with Gasteiger partial charge in [-0.1, -0.05) is 41.9 Å². The van der Waals surface area contributed by atoms with Crippen molar-refractivity contribution in [2.24, 2.45) is 11.1 Å². The van der Waals surface area contributed by atoms with Crippen LogP contribution in [0.3, 0.4) is 0 Å². The van der Waals surface area contributed by atoms with Gasteiger partial charge in [0.1, 0.15) is 0 Å². The van der Waals surface area contributed by atoms with Gasteiger partial charge in [-0.05, 0) is 36.8 Å². The number of hydrogen-bond donors (Lipinski definition) is 1.